The summed E-state index contributed by atoms with van der Waals surface area (Å²) in [5.41, 5.74) is 0.920. The van der Waals surface area contributed by atoms with Crippen LogP contribution in [0.25, 0.3) is 0 Å². The molecule has 3 aromatic rings. The molecule has 6 nitrogen and oxygen atoms in total. The van der Waals surface area contributed by atoms with Gasteiger partial charge in [-0.25, -0.2) is 4.39 Å². The van der Waals surface area contributed by atoms with Crippen molar-refractivity contribution in [1.82, 2.24) is 10.2 Å². The summed E-state index contributed by atoms with van der Waals surface area (Å²) < 4.78 is 25.1. The molecule has 2 aromatic carbocycles. The van der Waals surface area contributed by atoms with Gasteiger partial charge in [0, 0.05) is 11.7 Å². The third kappa shape index (κ3) is 5.48. The van der Waals surface area contributed by atoms with E-state index in [1.54, 1.807) is 25.1 Å². The highest BCUT2D eigenvalue weighted by atomic mass is 32.2. The van der Waals surface area contributed by atoms with Gasteiger partial charge >= 0.3 is 0 Å². The zero-order valence-electron chi connectivity index (χ0n) is 17.9. The third-order valence-electron chi connectivity index (χ3n) is 5.47. The predicted octanol–water partition coefficient (Wildman–Crippen LogP) is 5.81. The highest BCUT2D eigenvalue weighted by Gasteiger charge is 2.27. The fourth-order valence-electron chi connectivity index (χ4n) is 3.90. The molecule has 1 saturated carbocycles. The molecule has 32 heavy (non-hydrogen) atoms. The summed E-state index contributed by atoms with van der Waals surface area (Å²) in [6.45, 7) is 1.71. The lowest BCUT2D eigenvalue weighted by Crippen LogP contribution is -2.42. The molecule has 1 atom stereocenters. The van der Waals surface area contributed by atoms with Gasteiger partial charge in [0.25, 0.3) is 11.1 Å². The van der Waals surface area contributed by atoms with Crippen LogP contribution in [0.15, 0.2) is 64.2 Å². The lowest BCUT2D eigenvalue weighted by atomic mass is 9.93. The van der Waals surface area contributed by atoms with Crippen LogP contribution in [-0.4, -0.2) is 27.9 Å². The number of ether oxygens (including phenoxy) is 1. The second-order valence-electron chi connectivity index (χ2n) is 7.78. The molecule has 1 aliphatic rings. The van der Waals surface area contributed by atoms with Gasteiger partial charge in [-0.15, -0.1) is 10.2 Å². The molecule has 1 fully saturated rings. The smallest absolute Gasteiger partial charge is 0.277 e. The van der Waals surface area contributed by atoms with Gasteiger partial charge in [-0.2, -0.15) is 0 Å². The Hall–Kier alpha value is -2.87. The fourth-order valence-corrected chi connectivity index (χ4v) is 4.53. The monoisotopic (exact) mass is 455 g/mol. The van der Waals surface area contributed by atoms with Crippen LogP contribution < -0.4 is 9.64 Å². The summed E-state index contributed by atoms with van der Waals surface area (Å²) in [4.78, 5) is 15.1. The van der Waals surface area contributed by atoms with Crippen LogP contribution in [0.2, 0.25) is 0 Å². The Morgan fingerprint density at radius 3 is 2.59 bits per heavy atom. The number of para-hydroxylation sites is 2. The highest BCUT2D eigenvalue weighted by Crippen LogP contribution is 2.30. The van der Waals surface area contributed by atoms with Crippen molar-refractivity contribution in [1.29, 1.82) is 0 Å². The number of benzene rings is 2. The lowest BCUT2D eigenvalue weighted by molar-refractivity contribution is -0.116. The number of halogens is 1. The molecule has 0 aliphatic heterocycles. The van der Waals surface area contributed by atoms with Crippen molar-refractivity contribution in [2.24, 2.45) is 0 Å². The predicted molar refractivity (Wildman–Crippen MR) is 121 cm³/mol. The average Bonchev–Trinajstić information content (AvgIpc) is 3.30. The van der Waals surface area contributed by atoms with Crippen molar-refractivity contribution in [3.05, 3.63) is 66.3 Å². The number of thioether (sulfide) groups is 1. The number of carbonyl (C=O) groups is 1. The summed E-state index contributed by atoms with van der Waals surface area (Å²) in [6, 6.07) is 16.2. The minimum absolute atomic E-state index is 0.0171. The maximum atomic E-state index is 13.8. The van der Waals surface area contributed by atoms with Gasteiger partial charge in [0.2, 0.25) is 5.91 Å². The molecule has 1 amide bonds. The molecule has 168 valence electrons. The molecular formula is C24H26FN3O3S. The Morgan fingerprint density at radius 1 is 1.12 bits per heavy atom. The van der Waals surface area contributed by atoms with Gasteiger partial charge in [0.1, 0.15) is 0 Å². The van der Waals surface area contributed by atoms with E-state index in [0.29, 0.717) is 0 Å². The van der Waals surface area contributed by atoms with Crippen molar-refractivity contribution in [2.45, 2.75) is 56.4 Å². The SMILES string of the molecule is C[C@H](Oc1ccccc1F)c1nnc(SCC(=O)N(c2ccccc2)C2CCCCC2)o1. The summed E-state index contributed by atoms with van der Waals surface area (Å²) in [7, 11) is 0. The second kappa shape index (κ2) is 10.6. The third-order valence-corrected chi connectivity index (χ3v) is 6.28. The minimum Gasteiger partial charge on any atom is -0.478 e. The number of hydrogen-bond donors (Lipinski definition) is 0. The Bertz CT molecular complexity index is 1020. The molecule has 0 N–H and O–H groups in total. The van der Waals surface area contributed by atoms with Gasteiger partial charge in [-0.05, 0) is 44.0 Å². The number of anilines is 1. The first-order valence-corrected chi connectivity index (χ1v) is 11.8. The molecule has 8 heteroatoms. The van der Waals surface area contributed by atoms with Crippen LogP contribution in [0.1, 0.15) is 51.0 Å². The average molecular weight is 456 g/mol. The van der Waals surface area contributed by atoms with Crippen molar-refractivity contribution < 1.29 is 18.3 Å². The van der Waals surface area contributed by atoms with E-state index in [4.69, 9.17) is 9.15 Å². The summed E-state index contributed by atoms with van der Waals surface area (Å²) >= 11 is 1.20. The second-order valence-corrected chi connectivity index (χ2v) is 8.70. The van der Waals surface area contributed by atoms with Crippen LogP contribution >= 0.6 is 11.8 Å². The zero-order valence-corrected chi connectivity index (χ0v) is 18.8. The molecule has 1 aliphatic carbocycles. The van der Waals surface area contributed by atoms with Crippen molar-refractivity contribution in [3.8, 4) is 5.75 Å². The first kappa shape index (κ1) is 22.3. The Balaban J connectivity index is 1.39. The number of amides is 1. The highest BCUT2D eigenvalue weighted by molar-refractivity contribution is 7.99. The van der Waals surface area contributed by atoms with E-state index in [-0.39, 0.29) is 34.6 Å². The van der Waals surface area contributed by atoms with Crippen LogP contribution in [-0.2, 0) is 4.79 Å². The van der Waals surface area contributed by atoms with Crippen LogP contribution in [0, 0.1) is 5.82 Å². The minimum atomic E-state index is -0.618. The van der Waals surface area contributed by atoms with E-state index >= 15 is 0 Å². The van der Waals surface area contributed by atoms with E-state index in [9.17, 15) is 9.18 Å². The molecule has 0 spiro atoms. The summed E-state index contributed by atoms with van der Waals surface area (Å²) in [6.07, 6.45) is 4.91. The van der Waals surface area contributed by atoms with E-state index in [0.717, 1.165) is 31.4 Å². The molecule has 0 saturated heterocycles. The normalized spacial score (nSPS) is 15.3. The van der Waals surface area contributed by atoms with Crippen molar-refractivity contribution >= 4 is 23.4 Å². The number of carbonyl (C=O) groups excluding carboxylic acids is 1. The summed E-state index contributed by atoms with van der Waals surface area (Å²) in [5, 5.41) is 8.31. The standard InChI is InChI=1S/C24H26FN3O3S/c1-17(30-21-15-9-8-14-20(21)25)23-26-27-24(31-23)32-16-22(29)28(18-10-4-2-5-11-18)19-12-6-3-7-13-19/h2,4-5,8-11,14-15,17,19H,3,6-7,12-13,16H2,1H3/t17-/m0/s1. The number of aromatic nitrogens is 2. The van der Waals surface area contributed by atoms with E-state index in [1.165, 1.54) is 24.2 Å². The van der Waals surface area contributed by atoms with Crippen LogP contribution in [0.5, 0.6) is 5.75 Å². The van der Waals surface area contributed by atoms with E-state index in [2.05, 4.69) is 10.2 Å². The maximum absolute atomic E-state index is 13.8. The van der Waals surface area contributed by atoms with Crippen molar-refractivity contribution in [3.63, 3.8) is 0 Å². The summed E-state index contributed by atoms with van der Waals surface area (Å²) in [5.74, 6) is 0.102. The Kier molecular flexibility index (Phi) is 7.42. The molecular weight excluding hydrogens is 429 g/mol. The Labute approximate surface area is 191 Å². The Morgan fingerprint density at radius 2 is 1.84 bits per heavy atom. The fraction of sp³-hybridized carbons (Fsp3) is 0.375. The molecule has 1 aromatic heterocycles. The van der Waals surface area contributed by atoms with E-state index in [1.807, 2.05) is 35.2 Å². The topological polar surface area (TPSA) is 68.5 Å². The van der Waals surface area contributed by atoms with Gasteiger partial charge < -0.3 is 14.1 Å². The number of hydrogen-bond acceptors (Lipinski definition) is 6. The van der Waals surface area contributed by atoms with Gasteiger partial charge in [-0.3, -0.25) is 4.79 Å². The van der Waals surface area contributed by atoms with Crippen molar-refractivity contribution in [2.75, 3.05) is 10.7 Å². The molecule has 0 bridgehead atoms. The zero-order chi connectivity index (χ0) is 22.3. The number of rotatable bonds is 8. The molecule has 0 radical (unpaired) electrons. The molecule has 4 rings (SSSR count). The van der Waals surface area contributed by atoms with Gasteiger partial charge in [-0.1, -0.05) is 61.4 Å². The number of nitrogens with zero attached hydrogens (tertiary/aromatic N) is 3. The lowest BCUT2D eigenvalue weighted by Gasteiger charge is -2.34. The first-order chi connectivity index (χ1) is 15.6. The van der Waals surface area contributed by atoms with Crippen LogP contribution in [0.3, 0.4) is 0 Å². The first-order valence-electron chi connectivity index (χ1n) is 10.9. The largest absolute Gasteiger partial charge is 0.478 e. The molecule has 0 unspecified atom stereocenters. The van der Waals surface area contributed by atoms with Crippen LogP contribution in [0.4, 0.5) is 10.1 Å². The quantitative estimate of drug-likeness (QED) is 0.400. The van der Waals surface area contributed by atoms with E-state index < -0.39 is 11.9 Å². The molecule has 1 heterocycles. The van der Waals surface area contributed by atoms with Gasteiger partial charge in [0.05, 0.1) is 5.75 Å². The van der Waals surface area contributed by atoms with Gasteiger partial charge in [0.15, 0.2) is 17.7 Å². The maximum Gasteiger partial charge on any atom is 0.277 e.